The van der Waals surface area contributed by atoms with Crippen molar-refractivity contribution in [2.45, 2.75) is 145 Å². The molecule has 3 heteroatoms. The Morgan fingerprint density at radius 1 is 0.864 bits per heavy atom. The van der Waals surface area contributed by atoms with Gasteiger partial charge in [-0.05, 0) is 116 Å². The smallest absolute Gasteiger partial charge is 0.130 e. The fourth-order valence-electron chi connectivity index (χ4n) is 7.88. The molecule has 44 heavy (non-hydrogen) atoms. The van der Waals surface area contributed by atoms with Crippen molar-refractivity contribution in [3.63, 3.8) is 0 Å². The summed E-state index contributed by atoms with van der Waals surface area (Å²) in [5.41, 5.74) is 4.23. The van der Waals surface area contributed by atoms with Gasteiger partial charge < -0.3 is 0 Å². The van der Waals surface area contributed by atoms with Crippen molar-refractivity contribution in [3.8, 4) is 0 Å². The summed E-state index contributed by atoms with van der Waals surface area (Å²) in [5, 5.41) is 0. The minimum absolute atomic E-state index is 0.0581. The third kappa shape index (κ3) is 12.9. The number of hydrogen-bond donors (Lipinski definition) is 0. The quantitative estimate of drug-likeness (QED) is 0.0955. The monoisotopic (exact) mass is 619 g/mol. The standard InChI is InChI=1S/C41H68BOP/c1-29(18-13-20-31(3)22-15-23-37-34(6)39(43)38(42)28-41(37,9)10)16-11-12-17-30(2)19-14-21-32(4)24-25-36-33(5)26-35(44)27-40(36,7)8/h11-12,14-15,19,22,24-25,29-32,34-35,37-38H,13,16-18,20-21,23,26-28,44H2,1-10H3/b12-11+,19-14+,22-15-,25-24+/t29?,30?,31?,32?,34?,35-,37?,38+/m1/s1. The van der Waals surface area contributed by atoms with Crippen molar-refractivity contribution in [1.82, 2.24) is 0 Å². The molecule has 1 fully saturated rings. The Kier molecular flexibility index (Phi) is 16.2. The number of Topliss-reactive ketones (excluding diaryl/α,β-unsaturated/α-hetero) is 1. The Bertz CT molecular complexity index is 1040. The van der Waals surface area contributed by atoms with Crippen LogP contribution < -0.4 is 0 Å². The molecule has 2 aliphatic rings. The highest BCUT2D eigenvalue weighted by Gasteiger charge is 2.43. The number of ketones is 1. The second kappa shape index (κ2) is 18.3. The van der Waals surface area contributed by atoms with Gasteiger partial charge in [-0.2, -0.15) is 0 Å². The van der Waals surface area contributed by atoms with E-state index in [1.54, 1.807) is 11.1 Å². The van der Waals surface area contributed by atoms with E-state index in [0.717, 1.165) is 31.6 Å². The summed E-state index contributed by atoms with van der Waals surface area (Å²) in [4.78, 5) is 12.4. The van der Waals surface area contributed by atoms with E-state index in [2.05, 4.69) is 127 Å². The fraction of sp³-hybridized carbons (Fsp3) is 0.732. The summed E-state index contributed by atoms with van der Waals surface area (Å²) in [6.45, 7) is 23.2. The van der Waals surface area contributed by atoms with E-state index < -0.39 is 0 Å². The van der Waals surface area contributed by atoms with Crippen LogP contribution >= 0.6 is 9.24 Å². The van der Waals surface area contributed by atoms with E-state index >= 15 is 0 Å². The molecule has 2 rings (SSSR count). The molecule has 0 amide bonds. The number of carbonyl (C=O) groups is 1. The van der Waals surface area contributed by atoms with Crippen molar-refractivity contribution >= 4 is 22.9 Å². The Morgan fingerprint density at radius 3 is 2.16 bits per heavy atom. The van der Waals surface area contributed by atoms with Gasteiger partial charge in [0.2, 0.25) is 0 Å². The van der Waals surface area contributed by atoms with Gasteiger partial charge >= 0.3 is 0 Å². The summed E-state index contributed by atoms with van der Waals surface area (Å²) in [5.74, 6) is 2.88. The molecule has 0 bridgehead atoms. The maximum absolute atomic E-state index is 12.4. The highest BCUT2D eigenvalue weighted by molar-refractivity contribution is 7.17. The first-order valence-electron chi connectivity index (χ1n) is 17.9. The molecule has 7 unspecified atom stereocenters. The van der Waals surface area contributed by atoms with Crippen LogP contribution in [0.1, 0.15) is 133 Å². The first kappa shape index (κ1) is 39.0. The molecule has 0 saturated heterocycles. The number of rotatable bonds is 16. The summed E-state index contributed by atoms with van der Waals surface area (Å²) in [7, 11) is 9.14. The molecular weight excluding hydrogens is 550 g/mol. The molecule has 0 heterocycles. The molecule has 0 N–H and O–H groups in total. The molecule has 1 nitrogen and oxygen atoms in total. The average Bonchev–Trinajstić information content (AvgIpc) is 2.90. The molecule has 246 valence electrons. The van der Waals surface area contributed by atoms with Crippen LogP contribution in [0, 0.1) is 46.3 Å². The highest BCUT2D eigenvalue weighted by atomic mass is 31.0. The van der Waals surface area contributed by atoms with Gasteiger partial charge in [-0.25, -0.2) is 0 Å². The fourth-order valence-corrected chi connectivity index (χ4v) is 8.83. The predicted octanol–water partition coefficient (Wildman–Crippen LogP) is 12.1. The van der Waals surface area contributed by atoms with Crippen LogP contribution in [0.2, 0.25) is 5.82 Å². The van der Waals surface area contributed by atoms with Crippen LogP contribution in [-0.4, -0.2) is 19.3 Å². The zero-order valence-electron chi connectivity index (χ0n) is 30.4. The normalized spacial score (nSPS) is 28.8. The van der Waals surface area contributed by atoms with Crippen molar-refractivity contribution in [2.75, 3.05) is 0 Å². The summed E-state index contributed by atoms with van der Waals surface area (Å²) < 4.78 is 0. The topological polar surface area (TPSA) is 17.1 Å². The van der Waals surface area contributed by atoms with Crippen LogP contribution in [0.3, 0.4) is 0 Å². The molecule has 2 aliphatic carbocycles. The van der Waals surface area contributed by atoms with E-state index in [4.69, 9.17) is 7.85 Å². The lowest BCUT2D eigenvalue weighted by atomic mass is 9.55. The lowest BCUT2D eigenvalue weighted by molar-refractivity contribution is -0.129. The third-order valence-electron chi connectivity index (χ3n) is 10.7. The lowest BCUT2D eigenvalue weighted by Gasteiger charge is -2.44. The van der Waals surface area contributed by atoms with Gasteiger partial charge in [0.1, 0.15) is 5.78 Å². The van der Waals surface area contributed by atoms with E-state index in [1.165, 1.54) is 38.5 Å². The van der Waals surface area contributed by atoms with Crippen molar-refractivity contribution in [2.24, 2.45) is 46.3 Å². The van der Waals surface area contributed by atoms with Crippen LogP contribution in [0.4, 0.5) is 0 Å². The van der Waals surface area contributed by atoms with Crippen LogP contribution in [0.25, 0.3) is 0 Å². The molecule has 9 atom stereocenters. The Morgan fingerprint density at radius 2 is 1.48 bits per heavy atom. The van der Waals surface area contributed by atoms with Gasteiger partial charge in [0.15, 0.2) is 0 Å². The molecule has 0 aromatic rings. The Labute approximate surface area is 278 Å². The van der Waals surface area contributed by atoms with Crippen LogP contribution in [-0.2, 0) is 4.79 Å². The van der Waals surface area contributed by atoms with Gasteiger partial charge in [0.25, 0.3) is 0 Å². The van der Waals surface area contributed by atoms with Gasteiger partial charge in [-0.3, -0.25) is 4.79 Å². The average molecular weight is 619 g/mol. The summed E-state index contributed by atoms with van der Waals surface area (Å²) >= 11 is 0. The highest BCUT2D eigenvalue weighted by Crippen LogP contribution is 2.48. The number of carbonyl (C=O) groups excluding carboxylic acids is 1. The first-order valence-corrected chi connectivity index (χ1v) is 18.6. The molecule has 1 saturated carbocycles. The Hall–Kier alpha value is -1.14. The van der Waals surface area contributed by atoms with Crippen molar-refractivity contribution in [3.05, 3.63) is 59.8 Å². The van der Waals surface area contributed by atoms with Crippen LogP contribution in [0.15, 0.2) is 59.8 Å². The lowest BCUT2D eigenvalue weighted by Crippen LogP contribution is -2.41. The largest absolute Gasteiger partial charge is 0.300 e. The summed E-state index contributed by atoms with van der Waals surface area (Å²) in [6.07, 6.45) is 30.6. The summed E-state index contributed by atoms with van der Waals surface area (Å²) in [6, 6.07) is 0. The van der Waals surface area contributed by atoms with Crippen LogP contribution in [0.5, 0.6) is 0 Å². The molecule has 0 aliphatic heterocycles. The maximum atomic E-state index is 12.4. The van der Waals surface area contributed by atoms with E-state index in [0.29, 0.717) is 29.3 Å². The van der Waals surface area contributed by atoms with Crippen molar-refractivity contribution < 1.29 is 4.79 Å². The van der Waals surface area contributed by atoms with E-state index in [9.17, 15) is 4.79 Å². The van der Waals surface area contributed by atoms with Gasteiger partial charge in [0, 0.05) is 5.92 Å². The van der Waals surface area contributed by atoms with Crippen molar-refractivity contribution in [1.29, 1.82) is 0 Å². The van der Waals surface area contributed by atoms with E-state index in [1.807, 2.05) is 0 Å². The molecule has 0 spiro atoms. The van der Waals surface area contributed by atoms with Gasteiger partial charge in [-0.15, -0.1) is 9.24 Å². The SMILES string of the molecule is [B][C@H]1CC(C)(C)C(C/C=C\C(C)CCCC(C)C/C=C/CC(C)/C=C/CC(C)/C=C/C2=C(C)C[C@@H](P)CC2(C)C)C(C)C1=O. The number of hydrogen-bond acceptors (Lipinski definition) is 1. The molecule has 2 radical (unpaired) electrons. The third-order valence-corrected chi connectivity index (χ3v) is 11.2. The second-order valence-electron chi connectivity index (χ2n) is 16.4. The Balaban J connectivity index is 1.63. The minimum atomic E-state index is -0.284. The zero-order valence-corrected chi connectivity index (χ0v) is 31.5. The zero-order chi connectivity index (χ0) is 33.1. The minimum Gasteiger partial charge on any atom is -0.300 e. The first-order chi connectivity index (χ1) is 20.5. The molecule has 0 aromatic carbocycles. The molecule has 0 aromatic heterocycles. The van der Waals surface area contributed by atoms with E-state index in [-0.39, 0.29) is 28.3 Å². The number of allylic oxidation sites excluding steroid dienone is 10. The predicted molar refractivity (Wildman–Crippen MR) is 200 cm³/mol. The second-order valence-corrected chi connectivity index (χ2v) is 17.4. The van der Waals surface area contributed by atoms with Gasteiger partial charge in [-0.1, -0.05) is 129 Å². The molecular formula is C41H68BOP. The van der Waals surface area contributed by atoms with Gasteiger partial charge in [0.05, 0.1) is 7.85 Å². The maximum Gasteiger partial charge on any atom is 0.130 e.